The lowest BCUT2D eigenvalue weighted by molar-refractivity contribution is 0.0785. The Bertz CT molecular complexity index is 592. The maximum absolute atomic E-state index is 12.1. The Morgan fingerprint density at radius 1 is 1.33 bits per heavy atom. The van der Waals surface area contributed by atoms with E-state index < -0.39 is 0 Å². The molecule has 0 spiro atoms. The number of pyridine rings is 2. The predicted octanol–water partition coefficient (Wildman–Crippen LogP) is 1.04. The summed E-state index contributed by atoms with van der Waals surface area (Å²) in [5, 5.41) is 0. The summed E-state index contributed by atoms with van der Waals surface area (Å²) in [6.45, 7) is 0.480. The number of aromatic amines is 1. The number of H-pyrrole nitrogens is 1. The van der Waals surface area contributed by atoms with Crippen LogP contribution in [0.3, 0.4) is 0 Å². The molecule has 92 valence electrons. The summed E-state index contributed by atoms with van der Waals surface area (Å²) >= 11 is 0. The number of nitrogens with one attached hydrogen (secondary N) is 1. The molecule has 2 rings (SSSR count). The summed E-state index contributed by atoms with van der Waals surface area (Å²) < 4.78 is 0. The smallest absolute Gasteiger partial charge is 0.254 e. The summed E-state index contributed by atoms with van der Waals surface area (Å²) in [5.41, 5.74) is 1.10. The van der Waals surface area contributed by atoms with Crippen molar-refractivity contribution in [2.75, 3.05) is 7.05 Å². The van der Waals surface area contributed by atoms with E-state index in [1.165, 1.54) is 12.3 Å². The van der Waals surface area contributed by atoms with Crippen molar-refractivity contribution in [3.8, 4) is 0 Å². The van der Waals surface area contributed by atoms with Gasteiger partial charge in [0.05, 0.1) is 0 Å². The zero-order valence-electron chi connectivity index (χ0n) is 9.96. The van der Waals surface area contributed by atoms with Crippen molar-refractivity contribution < 1.29 is 4.79 Å². The van der Waals surface area contributed by atoms with Crippen LogP contribution in [0.4, 0.5) is 0 Å². The number of nitrogens with zero attached hydrogens (tertiary/aromatic N) is 2. The van der Waals surface area contributed by atoms with Gasteiger partial charge in [0.2, 0.25) is 5.56 Å². The molecule has 0 saturated carbocycles. The van der Waals surface area contributed by atoms with Crippen LogP contribution in [-0.4, -0.2) is 27.8 Å². The van der Waals surface area contributed by atoms with Gasteiger partial charge in [0.15, 0.2) is 0 Å². The normalized spacial score (nSPS) is 10.1. The van der Waals surface area contributed by atoms with Crippen molar-refractivity contribution in [3.05, 3.63) is 64.3 Å². The van der Waals surface area contributed by atoms with Crippen molar-refractivity contribution in [2.45, 2.75) is 6.54 Å². The summed E-state index contributed by atoms with van der Waals surface area (Å²) in [6, 6.07) is 6.58. The van der Waals surface area contributed by atoms with Gasteiger partial charge in [-0.15, -0.1) is 0 Å². The van der Waals surface area contributed by atoms with Gasteiger partial charge in [-0.3, -0.25) is 14.6 Å². The van der Waals surface area contributed by atoms with Crippen LogP contribution in [0.25, 0.3) is 0 Å². The molecule has 5 heteroatoms. The van der Waals surface area contributed by atoms with Crippen molar-refractivity contribution in [2.24, 2.45) is 0 Å². The Labute approximate surface area is 104 Å². The molecule has 0 aliphatic rings. The van der Waals surface area contributed by atoms with Crippen LogP contribution in [0.5, 0.6) is 0 Å². The Morgan fingerprint density at radius 3 is 2.72 bits per heavy atom. The number of carbonyl (C=O) groups is 1. The Morgan fingerprint density at radius 2 is 2.06 bits per heavy atom. The minimum Gasteiger partial charge on any atom is -0.337 e. The van der Waals surface area contributed by atoms with E-state index in [1.807, 2.05) is 12.1 Å². The molecular weight excluding hydrogens is 230 g/mol. The van der Waals surface area contributed by atoms with Gasteiger partial charge in [-0.1, -0.05) is 0 Å². The molecule has 0 aliphatic heterocycles. The molecule has 2 aromatic heterocycles. The van der Waals surface area contributed by atoms with Gasteiger partial charge < -0.3 is 9.88 Å². The molecule has 1 amide bonds. The van der Waals surface area contributed by atoms with Gasteiger partial charge in [0.1, 0.15) is 0 Å². The summed E-state index contributed by atoms with van der Waals surface area (Å²) in [5.74, 6) is -0.182. The number of amides is 1. The molecule has 0 saturated heterocycles. The molecule has 0 aliphatic carbocycles. The second-order valence-electron chi connectivity index (χ2n) is 3.96. The minimum absolute atomic E-state index is 0.182. The van der Waals surface area contributed by atoms with E-state index >= 15 is 0 Å². The average molecular weight is 243 g/mol. The first-order valence-electron chi connectivity index (χ1n) is 5.50. The maximum atomic E-state index is 12.1. The standard InChI is InChI=1S/C13H13N3O2/c1-16(9-10-2-5-14-6-3-10)13(18)11-4-7-15-12(17)8-11/h2-8H,9H2,1H3,(H,15,17). The van der Waals surface area contributed by atoms with E-state index in [-0.39, 0.29) is 11.5 Å². The second-order valence-corrected chi connectivity index (χ2v) is 3.96. The third-order valence-electron chi connectivity index (χ3n) is 2.54. The molecule has 0 aromatic carbocycles. The predicted molar refractivity (Wildman–Crippen MR) is 67.1 cm³/mol. The van der Waals surface area contributed by atoms with Crippen molar-refractivity contribution in [3.63, 3.8) is 0 Å². The molecule has 5 nitrogen and oxygen atoms in total. The molecule has 0 bridgehead atoms. The molecule has 0 unspecified atom stereocenters. The molecule has 0 atom stereocenters. The maximum Gasteiger partial charge on any atom is 0.254 e. The monoisotopic (exact) mass is 243 g/mol. The quantitative estimate of drug-likeness (QED) is 0.876. The van der Waals surface area contributed by atoms with E-state index in [2.05, 4.69) is 9.97 Å². The fourth-order valence-electron chi connectivity index (χ4n) is 1.63. The van der Waals surface area contributed by atoms with E-state index in [0.29, 0.717) is 12.1 Å². The number of aromatic nitrogens is 2. The molecule has 18 heavy (non-hydrogen) atoms. The van der Waals surface area contributed by atoms with E-state index in [0.717, 1.165) is 5.56 Å². The third kappa shape index (κ3) is 2.82. The van der Waals surface area contributed by atoms with E-state index in [1.54, 1.807) is 30.4 Å². The largest absolute Gasteiger partial charge is 0.337 e. The van der Waals surface area contributed by atoms with Crippen LogP contribution in [-0.2, 0) is 6.54 Å². The lowest BCUT2D eigenvalue weighted by Gasteiger charge is -2.16. The first-order valence-corrected chi connectivity index (χ1v) is 5.50. The Balaban J connectivity index is 2.12. The van der Waals surface area contributed by atoms with Crippen LogP contribution in [0, 0.1) is 0 Å². The molecule has 2 aromatic rings. The van der Waals surface area contributed by atoms with Crippen LogP contribution >= 0.6 is 0 Å². The Kier molecular flexibility index (Phi) is 3.52. The van der Waals surface area contributed by atoms with Crippen LogP contribution in [0.15, 0.2) is 47.7 Å². The van der Waals surface area contributed by atoms with Crippen LogP contribution < -0.4 is 5.56 Å². The molecule has 1 N–H and O–H groups in total. The fraction of sp³-hybridized carbons (Fsp3) is 0.154. The summed E-state index contributed by atoms with van der Waals surface area (Å²) in [4.78, 5) is 31.2. The summed E-state index contributed by atoms with van der Waals surface area (Å²) in [6.07, 6.45) is 4.83. The number of rotatable bonds is 3. The summed E-state index contributed by atoms with van der Waals surface area (Å²) in [7, 11) is 1.70. The molecular formula is C13H13N3O2. The number of hydrogen-bond donors (Lipinski definition) is 1. The minimum atomic E-state index is -0.279. The lowest BCUT2D eigenvalue weighted by Crippen LogP contribution is -2.27. The average Bonchev–Trinajstić information content (AvgIpc) is 2.39. The SMILES string of the molecule is CN(Cc1ccncc1)C(=O)c1cc[nH]c(=O)c1. The van der Waals surface area contributed by atoms with Crippen LogP contribution in [0.2, 0.25) is 0 Å². The van der Waals surface area contributed by atoms with Crippen molar-refractivity contribution in [1.29, 1.82) is 0 Å². The highest BCUT2D eigenvalue weighted by Gasteiger charge is 2.12. The van der Waals surface area contributed by atoms with Gasteiger partial charge in [-0.25, -0.2) is 0 Å². The van der Waals surface area contributed by atoms with Gasteiger partial charge in [0, 0.05) is 43.8 Å². The zero-order valence-corrected chi connectivity index (χ0v) is 9.96. The molecule has 2 heterocycles. The molecule has 0 fully saturated rings. The van der Waals surface area contributed by atoms with Gasteiger partial charge in [-0.05, 0) is 23.8 Å². The van der Waals surface area contributed by atoms with Gasteiger partial charge >= 0.3 is 0 Å². The van der Waals surface area contributed by atoms with Crippen LogP contribution in [0.1, 0.15) is 15.9 Å². The number of carbonyl (C=O) groups excluding carboxylic acids is 1. The highest BCUT2D eigenvalue weighted by Crippen LogP contribution is 2.05. The lowest BCUT2D eigenvalue weighted by atomic mass is 10.2. The number of hydrogen-bond acceptors (Lipinski definition) is 3. The zero-order chi connectivity index (χ0) is 13.0. The first-order chi connectivity index (χ1) is 8.66. The topological polar surface area (TPSA) is 66.1 Å². The highest BCUT2D eigenvalue weighted by atomic mass is 16.2. The fourth-order valence-corrected chi connectivity index (χ4v) is 1.63. The third-order valence-corrected chi connectivity index (χ3v) is 2.54. The Hall–Kier alpha value is -2.43. The highest BCUT2D eigenvalue weighted by molar-refractivity contribution is 5.93. The van der Waals surface area contributed by atoms with Crippen molar-refractivity contribution >= 4 is 5.91 Å². The molecule has 0 radical (unpaired) electrons. The first kappa shape index (κ1) is 12.0. The van der Waals surface area contributed by atoms with Gasteiger partial charge in [-0.2, -0.15) is 0 Å². The second kappa shape index (κ2) is 5.27. The van der Waals surface area contributed by atoms with Crippen molar-refractivity contribution in [1.82, 2.24) is 14.9 Å². The van der Waals surface area contributed by atoms with Gasteiger partial charge in [0.25, 0.3) is 5.91 Å². The van der Waals surface area contributed by atoms with E-state index in [4.69, 9.17) is 0 Å². The van der Waals surface area contributed by atoms with E-state index in [9.17, 15) is 9.59 Å².